The third-order valence-electron chi connectivity index (χ3n) is 10.9. The number of hydrogen-bond acceptors (Lipinski definition) is 6. The van der Waals surface area contributed by atoms with E-state index in [2.05, 4.69) is 0 Å². The van der Waals surface area contributed by atoms with Crippen LogP contribution in [0.25, 0.3) is 11.1 Å². The Morgan fingerprint density at radius 3 is 1.11 bits per heavy atom. The maximum atomic E-state index is 14.1. The summed E-state index contributed by atoms with van der Waals surface area (Å²) in [6.45, 7) is 24.9. The SMILES string of the molecule is CCCCN(Cc1c(C)cc(C(C)(C)C)c(O)c1C)S(=O)(=O)c1ccc(-c2ccc(S(=O)(=O)N(CCCC)Cc3c(C)cc(C(C)(C)C)c(O)c3C)cc2)cc1. The molecular formula is C46H64N2O6S2. The molecule has 0 bridgehead atoms. The van der Waals surface area contributed by atoms with Crippen molar-refractivity contribution in [3.63, 3.8) is 0 Å². The van der Waals surface area contributed by atoms with E-state index in [-0.39, 0.29) is 45.2 Å². The van der Waals surface area contributed by atoms with E-state index >= 15 is 0 Å². The molecule has 0 aromatic heterocycles. The molecular weight excluding hydrogens is 741 g/mol. The number of benzene rings is 4. The summed E-state index contributed by atoms with van der Waals surface area (Å²) < 4.78 is 59.6. The van der Waals surface area contributed by atoms with Crippen molar-refractivity contribution in [3.05, 3.63) is 105 Å². The number of phenols is 2. The van der Waals surface area contributed by atoms with Gasteiger partial charge in [0.15, 0.2) is 0 Å². The highest BCUT2D eigenvalue weighted by Gasteiger charge is 2.30. The van der Waals surface area contributed by atoms with Gasteiger partial charge in [0, 0.05) is 26.2 Å². The fourth-order valence-electron chi connectivity index (χ4n) is 7.18. The summed E-state index contributed by atoms with van der Waals surface area (Å²) in [6.07, 6.45) is 3.04. The largest absolute Gasteiger partial charge is 0.507 e. The number of phenolic OH excluding ortho intramolecular Hbond substituents is 2. The molecule has 4 aromatic carbocycles. The predicted molar refractivity (Wildman–Crippen MR) is 229 cm³/mol. The van der Waals surface area contributed by atoms with Crippen LogP contribution in [-0.2, 0) is 44.0 Å². The zero-order valence-corrected chi connectivity index (χ0v) is 37.3. The number of nitrogens with zero attached hydrogens (tertiary/aromatic N) is 2. The summed E-state index contributed by atoms with van der Waals surface area (Å²) >= 11 is 0. The Morgan fingerprint density at radius 1 is 0.536 bits per heavy atom. The van der Waals surface area contributed by atoms with Gasteiger partial charge in [-0.1, -0.05) is 105 Å². The summed E-state index contributed by atoms with van der Waals surface area (Å²) in [6, 6.07) is 17.4. The van der Waals surface area contributed by atoms with Crippen LogP contribution >= 0.6 is 0 Å². The number of unbranched alkanes of at least 4 members (excludes halogenated alkanes) is 2. The molecule has 0 aliphatic rings. The molecule has 0 atom stereocenters. The van der Waals surface area contributed by atoms with Crippen molar-refractivity contribution in [3.8, 4) is 22.6 Å². The molecule has 0 unspecified atom stereocenters. The van der Waals surface area contributed by atoms with E-state index in [4.69, 9.17) is 0 Å². The summed E-state index contributed by atoms with van der Waals surface area (Å²) in [5.74, 6) is 0.415. The number of aryl methyl sites for hydroxylation is 2. The normalized spacial score (nSPS) is 12.9. The molecule has 2 N–H and O–H groups in total. The van der Waals surface area contributed by atoms with E-state index < -0.39 is 20.0 Å². The van der Waals surface area contributed by atoms with Crippen LogP contribution < -0.4 is 0 Å². The van der Waals surface area contributed by atoms with E-state index in [0.29, 0.717) is 37.1 Å². The Labute approximate surface area is 337 Å². The van der Waals surface area contributed by atoms with Gasteiger partial charge in [0.25, 0.3) is 0 Å². The van der Waals surface area contributed by atoms with Crippen molar-refractivity contribution in [2.24, 2.45) is 0 Å². The minimum absolute atomic E-state index is 0.146. The maximum Gasteiger partial charge on any atom is 0.243 e. The molecule has 4 aromatic rings. The highest BCUT2D eigenvalue weighted by atomic mass is 32.2. The minimum Gasteiger partial charge on any atom is -0.507 e. The van der Waals surface area contributed by atoms with Crippen molar-refractivity contribution in [1.82, 2.24) is 8.61 Å². The number of rotatable bonds is 15. The molecule has 0 heterocycles. The summed E-state index contributed by atoms with van der Waals surface area (Å²) in [5, 5.41) is 22.2. The third-order valence-corrected chi connectivity index (χ3v) is 14.6. The third kappa shape index (κ3) is 9.69. The van der Waals surface area contributed by atoms with E-state index in [1.807, 2.05) is 95.2 Å². The van der Waals surface area contributed by atoms with Gasteiger partial charge in [0.1, 0.15) is 11.5 Å². The van der Waals surface area contributed by atoms with Gasteiger partial charge in [-0.15, -0.1) is 0 Å². The molecule has 0 amide bonds. The Balaban J connectivity index is 1.62. The van der Waals surface area contributed by atoms with E-state index in [1.165, 1.54) is 8.61 Å². The number of aromatic hydroxyl groups is 2. The van der Waals surface area contributed by atoms with Gasteiger partial charge in [0.05, 0.1) is 9.79 Å². The van der Waals surface area contributed by atoms with E-state index in [1.54, 1.807) is 48.5 Å². The summed E-state index contributed by atoms with van der Waals surface area (Å²) in [5.41, 5.74) is 7.53. The highest BCUT2D eigenvalue weighted by molar-refractivity contribution is 7.89. The average Bonchev–Trinajstić information content (AvgIpc) is 3.13. The van der Waals surface area contributed by atoms with Crippen LogP contribution in [0.5, 0.6) is 11.5 Å². The summed E-state index contributed by atoms with van der Waals surface area (Å²) in [4.78, 5) is 0.335. The van der Waals surface area contributed by atoms with Crippen LogP contribution in [0.15, 0.2) is 70.5 Å². The summed E-state index contributed by atoms with van der Waals surface area (Å²) in [7, 11) is -7.78. The Morgan fingerprint density at radius 2 is 0.839 bits per heavy atom. The fourth-order valence-corrected chi connectivity index (χ4v) is 10.1. The molecule has 0 aliphatic heterocycles. The van der Waals surface area contributed by atoms with Gasteiger partial charge >= 0.3 is 0 Å². The van der Waals surface area contributed by atoms with Crippen molar-refractivity contribution >= 4 is 20.0 Å². The Hall–Kier alpha value is -3.70. The standard InChI is InChI=1S/C46H64N2O6S2/c1-13-15-25-47(29-39-31(3)27-41(45(7,8)9)43(49)33(39)5)55(51,52)37-21-17-35(18-22-37)36-19-23-38(24-20-36)56(53,54)48(26-16-14-2)30-40-32(4)28-42(46(10,11)12)44(50)34(40)6/h17-24,27-28,49-50H,13-16,25-26,29-30H2,1-12H3. The van der Waals surface area contributed by atoms with Gasteiger partial charge < -0.3 is 10.2 Å². The number of sulfonamides is 2. The predicted octanol–water partition coefficient (Wildman–Crippen LogP) is 10.6. The van der Waals surface area contributed by atoms with Crippen molar-refractivity contribution in [1.29, 1.82) is 0 Å². The second kappa shape index (κ2) is 17.4. The van der Waals surface area contributed by atoms with Gasteiger partial charge in [-0.3, -0.25) is 0 Å². The second-order valence-corrected chi connectivity index (χ2v) is 21.2. The molecule has 0 radical (unpaired) electrons. The Kier molecular flexibility index (Phi) is 14.0. The van der Waals surface area contributed by atoms with Crippen molar-refractivity contribution in [2.45, 2.75) is 142 Å². The minimum atomic E-state index is -3.89. The van der Waals surface area contributed by atoms with Crippen LogP contribution in [0.4, 0.5) is 0 Å². The average molecular weight is 805 g/mol. The van der Waals surface area contributed by atoms with Gasteiger partial charge in [-0.05, 0) is 131 Å². The molecule has 0 saturated carbocycles. The monoisotopic (exact) mass is 804 g/mol. The van der Waals surface area contributed by atoms with Crippen LogP contribution in [0.1, 0.15) is 126 Å². The molecule has 8 nitrogen and oxygen atoms in total. The first-order valence-electron chi connectivity index (χ1n) is 19.8. The van der Waals surface area contributed by atoms with Gasteiger partial charge in [-0.2, -0.15) is 8.61 Å². The second-order valence-electron chi connectivity index (χ2n) is 17.3. The van der Waals surface area contributed by atoms with Crippen molar-refractivity contribution in [2.75, 3.05) is 13.1 Å². The molecule has 4 rings (SSSR count). The zero-order valence-electron chi connectivity index (χ0n) is 35.7. The van der Waals surface area contributed by atoms with E-state index in [0.717, 1.165) is 57.3 Å². The van der Waals surface area contributed by atoms with Gasteiger partial charge in [-0.25, -0.2) is 16.8 Å². The quantitative estimate of drug-likeness (QED) is 0.124. The highest BCUT2D eigenvalue weighted by Crippen LogP contribution is 2.39. The smallest absolute Gasteiger partial charge is 0.243 e. The maximum absolute atomic E-state index is 14.1. The molecule has 306 valence electrons. The molecule has 0 fully saturated rings. The molecule has 0 saturated heterocycles. The lowest BCUT2D eigenvalue weighted by Gasteiger charge is -2.27. The fraction of sp³-hybridized carbons (Fsp3) is 0.478. The van der Waals surface area contributed by atoms with Crippen LogP contribution in [-0.4, -0.2) is 48.7 Å². The Bertz CT molecular complexity index is 2070. The van der Waals surface area contributed by atoms with Crippen molar-refractivity contribution < 1.29 is 27.0 Å². The molecule has 0 aliphatic carbocycles. The number of hydrogen-bond donors (Lipinski definition) is 2. The molecule has 0 spiro atoms. The van der Waals surface area contributed by atoms with E-state index in [9.17, 15) is 27.0 Å². The lowest BCUT2D eigenvalue weighted by Crippen LogP contribution is -2.32. The van der Waals surface area contributed by atoms with Crippen LogP contribution in [0.2, 0.25) is 0 Å². The van der Waals surface area contributed by atoms with Gasteiger partial charge in [0.2, 0.25) is 20.0 Å². The van der Waals surface area contributed by atoms with Crippen LogP contribution in [0.3, 0.4) is 0 Å². The zero-order chi connectivity index (χ0) is 42.0. The first kappa shape index (κ1) is 45.0. The lowest BCUT2D eigenvalue weighted by molar-refractivity contribution is 0.393. The first-order valence-corrected chi connectivity index (χ1v) is 22.7. The molecule has 10 heteroatoms. The topological polar surface area (TPSA) is 115 Å². The lowest BCUT2D eigenvalue weighted by atomic mass is 9.82. The first-order chi connectivity index (χ1) is 26.0. The van der Waals surface area contributed by atoms with Crippen LogP contribution in [0, 0.1) is 27.7 Å². The molecule has 56 heavy (non-hydrogen) atoms.